The number of aromatic nitrogens is 2. The maximum atomic E-state index is 11.6. The molecule has 0 amide bonds. The summed E-state index contributed by atoms with van der Waals surface area (Å²) in [7, 11) is 1.42. The van der Waals surface area contributed by atoms with Crippen LogP contribution in [0.1, 0.15) is 44.3 Å². The van der Waals surface area contributed by atoms with E-state index in [9.17, 15) is 4.79 Å². The zero-order valence-corrected chi connectivity index (χ0v) is 11.6. The molecule has 0 aliphatic carbocycles. The van der Waals surface area contributed by atoms with E-state index < -0.39 is 0 Å². The van der Waals surface area contributed by atoms with Gasteiger partial charge in [-0.25, -0.2) is 0 Å². The molecule has 0 radical (unpaired) electrons. The van der Waals surface area contributed by atoms with Crippen LogP contribution in [-0.2, 0) is 22.5 Å². The predicted octanol–water partition coefficient (Wildman–Crippen LogP) is 1.55. The number of likely N-dealkylation sites (tertiary alicyclic amines) is 1. The number of aryl methyl sites for hydroxylation is 1. The van der Waals surface area contributed by atoms with Gasteiger partial charge in [0.25, 0.3) is 0 Å². The van der Waals surface area contributed by atoms with Crippen LogP contribution in [0.5, 0.6) is 0 Å². The minimum Gasteiger partial charge on any atom is -0.468 e. The van der Waals surface area contributed by atoms with E-state index in [0.717, 1.165) is 44.5 Å². The van der Waals surface area contributed by atoms with Crippen molar-refractivity contribution < 1.29 is 14.1 Å². The second-order valence-electron chi connectivity index (χ2n) is 4.86. The molecule has 6 heteroatoms. The normalized spacial score (nSPS) is 19.8. The van der Waals surface area contributed by atoms with Crippen LogP contribution in [0.25, 0.3) is 0 Å². The Morgan fingerprint density at radius 1 is 1.58 bits per heavy atom. The number of carbonyl (C=O) groups is 1. The molecule has 0 aromatic carbocycles. The summed E-state index contributed by atoms with van der Waals surface area (Å²) in [6.07, 6.45) is 4.86. The fourth-order valence-electron chi connectivity index (χ4n) is 2.38. The molecule has 1 unspecified atom stereocenters. The summed E-state index contributed by atoms with van der Waals surface area (Å²) in [5, 5.41) is 3.96. The van der Waals surface area contributed by atoms with Crippen molar-refractivity contribution in [3.63, 3.8) is 0 Å². The van der Waals surface area contributed by atoms with Crippen LogP contribution in [0.2, 0.25) is 0 Å². The molecule has 1 aliphatic rings. The van der Waals surface area contributed by atoms with E-state index in [1.807, 2.05) is 4.90 Å². The van der Waals surface area contributed by atoms with Gasteiger partial charge >= 0.3 is 5.97 Å². The van der Waals surface area contributed by atoms with Gasteiger partial charge in [0.05, 0.1) is 13.7 Å². The Balaban J connectivity index is 1.92. The molecule has 0 spiro atoms. The summed E-state index contributed by atoms with van der Waals surface area (Å²) in [5.74, 6) is 1.16. The molecule has 1 aromatic rings. The highest BCUT2D eigenvalue weighted by Gasteiger charge is 2.32. The van der Waals surface area contributed by atoms with E-state index in [1.54, 1.807) is 0 Å². The van der Waals surface area contributed by atoms with Gasteiger partial charge < -0.3 is 9.26 Å². The average molecular weight is 267 g/mol. The van der Waals surface area contributed by atoms with Gasteiger partial charge in [-0.3, -0.25) is 9.69 Å². The fourth-order valence-corrected chi connectivity index (χ4v) is 2.38. The van der Waals surface area contributed by atoms with Gasteiger partial charge in [0, 0.05) is 6.42 Å². The fraction of sp³-hybridized carbons (Fsp3) is 0.769. The number of hydrogen-bond donors (Lipinski definition) is 0. The number of nitrogens with zero attached hydrogens (tertiary/aromatic N) is 3. The lowest BCUT2D eigenvalue weighted by molar-refractivity contribution is -0.146. The number of ether oxygens (including phenoxy) is 1. The first kappa shape index (κ1) is 14.0. The molecule has 2 heterocycles. The van der Waals surface area contributed by atoms with Crippen LogP contribution < -0.4 is 0 Å². The van der Waals surface area contributed by atoms with Gasteiger partial charge in [-0.2, -0.15) is 4.98 Å². The molecular formula is C13H21N3O3. The highest BCUT2D eigenvalue weighted by atomic mass is 16.5. The molecule has 0 N–H and O–H groups in total. The predicted molar refractivity (Wildman–Crippen MR) is 68.4 cm³/mol. The Morgan fingerprint density at radius 2 is 2.42 bits per heavy atom. The summed E-state index contributed by atoms with van der Waals surface area (Å²) in [6, 6.07) is -0.170. The standard InChI is InChI=1S/C13H21N3O3/c1-3-4-7-11-14-12(19-15-11)9-16-8-5-6-10(16)13(17)18-2/h10H,3-9H2,1-2H3. The third-order valence-corrected chi connectivity index (χ3v) is 3.44. The highest BCUT2D eigenvalue weighted by molar-refractivity contribution is 5.75. The molecule has 19 heavy (non-hydrogen) atoms. The largest absolute Gasteiger partial charge is 0.468 e. The van der Waals surface area contributed by atoms with Crippen molar-refractivity contribution >= 4 is 5.97 Å². The van der Waals surface area contributed by atoms with Crippen LogP contribution in [-0.4, -0.2) is 40.7 Å². The van der Waals surface area contributed by atoms with Gasteiger partial charge in [0.15, 0.2) is 5.82 Å². The molecule has 2 rings (SSSR count). The van der Waals surface area contributed by atoms with Gasteiger partial charge in [-0.05, 0) is 25.8 Å². The summed E-state index contributed by atoms with van der Waals surface area (Å²) in [5.41, 5.74) is 0. The molecule has 1 aromatic heterocycles. The lowest BCUT2D eigenvalue weighted by Crippen LogP contribution is -2.36. The second kappa shape index (κ2) is 6.65. The van der Waals surface area contributed by atoms with Crippen LogP contribution in [0.3, 0.4) is 0 Å². The maximum absolute atomic E-state index is 11.6. The Hall–Kier alpha value is -1.43. The van der Waals surface area contributed by atoms with Crippen molar-refractivity contribution in [2.75, 3.05) is 13.7 Å². The van der Waals surface area contributed by atoms with Crippen molar-refractivity contribution in [3.8, 4) is 0 Å². The molecule has 106 valence electrons. The number of carbonyl (C=O) groups excluding carboxylic acids is 1. The van der Waals surface area contributed by atoms with Gasteiger partial charge in [0.2, 0.25) is 5.89 Å². The van der Waals surface area contributed by atoms with E-state index >= 15 is 0 Å². The molecule has 1 fully saturated rings. The summed E-state index contributed by atoms with van der Waals surface area (Å²) < 4.78 is 10.0. The van der Waals surface area contributed by atoms with Crippen LogP contribution in [0.15, 0.2) is 4.52 Å². The van der Waals surface area contributed by atoms with Gasteiger partial charge in [-0.1, -0.05) is 18.5 Å². The number of unbranched alkanes of at least 4 members (excludes halogenated alkanes) is 1. The van der Waals surface area contributed by atoms with Crippen LogP contribution >= 0.6 is 0 Å². The zero-order chi connectivity index (χ0) is 13.7. The van der Waals surface area contributed by atoms with Crippen molar-refractivity contribution in [1.82, 2.24) is 15.0 Å². The topological polar surface area (TPSA) is 68.5 Å². The lowest BCUT2D eigenvalue weighted by atomic mass is 10.2. The van der Waals surface area contributed by atoms with Crippen LogP contribution in [0.4, 0.5) is 0 Å². The third kappa shape index (κ3) is 3.53. The Morgan fingerprint density at radius 3 is 3.16 bits per heavy atom. The molecule has 1 atom stereocenters. The van der Waals surface area contributed by atoms with E-state index in [2.05, 4.69) is 17.1 Å². The lowest BCUT2D eigenvalue weighted by Gasteiger charge is -2.19. The first-order valence-corrected chi connectivity index (χ1v) is 6.88. The molecular weight excluding hydrogens is 246 g/mol. The highest BCUT2D eigenvalue weighted by Crippen LogP contribution is 2.20. The summed E-state index contributed by atoms with van der Waals surface area (Å²) in [6.45, 7) is 3.53. The van der Waals surface area contributed by atoms with Crippen LogP contribution in [0, 0.1) is 0 Å². The average Bonchev–Trinajstić information content (AvgIpc) is 3.05. The smallest absolute Gasteiger partial charge is 0.323 e. The van der Waals surface area contributed by atoms with Gasteiger partial charge in [-0.15, -0.1) is 0 Å². The molecule has 1 saturated heterocycles. The monoisotopic (exact) mass is 267 g/mol. The molecule has 6 nitrogen and oxygen atoms in total. The van der Waals surface area contributed by atoms with Crippen molar-refractivity contribution in [3.05, 3.63) is 11.7 Å². The number of rotatable bonds is 6. The Labute approximate surface area is 113 Å². The Bertz CT molecular complexity index is 419. The minimum absolute atomic E-state index is 0.170. The summed E-state index contributed by atoms with van der Waals surface area (Å²) in [4.78, 5) is 18.0. The zero-order valence-electron chi connectivity index (χ0n) is 11.6. The first-order chi connectivity index (χ1) is 9.24. The summed E-state index contributed by atoms with van der Waals surface area (Å²) >= 11 is 0. The quantitative estimate of drug-likeness (QED) is 0.728. The van der Waals surface area contributed by atoms with E-state index in [4.69, 9.17) is 9.26 Å². The number of methoxy groups -OCH3 is 1. The van der Waals surface area contributed by atoms with E-state index in [0.29, 0.717) is 12.4 Å². The molecule has 0 bridgehead atoms. The maximum Gasteiger partial charge on any atom is 0.323 e. The van der Waals surface area contributed by atoms with Crippen molar-refractivity contribution in [2.45, 2.75) is 51.6 Å². The van der Waals surface area contributed by atoms with E-state index in [-0.39, 0.29) is 12.0 Å². The Kier molecular flexibility index (Phi) is 4.90. The second-order valence-corrected chi connectivity index (χ2v) is 4.86. The molecule has 1 aliphatic heterocycles. The first-order valence-electron chi connectivity index (χ1n) is 6.88. The minimum atomic E-state index is -0.178. The van der Waals surface area contributed by atoms with Gasteiger partial charge in [0.1, 0.15) is 6.04 Å². The third-order valence-electron chi connectivity index (χ3n) is 3.44. The van der Waals surface area contributed by atoms with Crippen molar-refractivity contribution in [2.24, 2.45) is 0 Å². The van der Waals surface area contributed by atoms with Crippen molar-refractivity contribution in [1.29, 1.82) is 0 Å². The van der Waals surface area contributed by atoms with E-state index in [1.165, 1.54) is 7.11 Å². The number of esters is 1. The molecule has 0 saturated carbocycles. The number of hydrogen-bond acceptors (Lipinski definition) is 6. The SMILES string of the molecule is CCCCc1noc(CN2CCCC2C(=O)OC)n1.